The third kappa shape index (κ3) is 4.49. The molecular weight excluding hydrogens is 384 g/mol. The van der Waals surface area contributed by atoms with Gasteiger partial charge < -0.3 is 50.7 Å². The third-order valence-electron chi connectivity index (χ3n) is 5.55. The van der Waals surface area contributed by atoms with Crippen LogP contribution in [-0.4, -0.2) is 91.9 Å². The number of aliphatic hydroxyl groups excluding tert-OH is 6. The van der Waals surface area contributed by atoms with E-state index in [4.69, 9.17) is 9.47 Å². The number of anilines is 2. The van der Waals surface area contributed by atoms with Gasteiger partial charge in [-0.25, -0.2) is 0 Å². The Morgan fingerprint density at radius 2 is 1.17 bits per heavy atom. The molecule has 3 rings (SSSR count). The zero-order chi connectivity index (χ0) is 21.5. The minimum absolute atomic E-state index is 0.553. The van der Waals surface area contributed by atoms with E-state index in [-0.39, 0.29) is 0 Å². The maximum atomic E-state index is 10.2. The van der Waals surface area contributed by atoms with Crippen LogP contribution < -0.4 is 10.6 Å². The van der Waals surface area contributed by atoms with Gasteiger partial charge in [0.25, 0.3) is 0 Å². The maximum Gasteiger partial charge on any atom is 0.157 e. The molecule has 2 aliphatic heterocycles. The average Bonchev–Trinajstić information content (AvgIpc) is 2.69. The first-order chi connectivity index (χ1) is 13.6. The number of hydrogen-bond donors (Lipinski definition) is 8. The summed E-state index contributed by atoms with van der Waals surface area (Å²) in [6.45, 7) is 5.03. The zero-order valence-corrected chi connectivity index (χ0v) is 16.5. The van der Waals surface area contributed by atoms with Gasteiger partial charge in [0.05, 0.1) is 12.2 Å². The van der Waals surface area contributed by atoms with Crippen LogP contribution in [0.5, 0.6) is 0 Å². The Labute approximate surface area is 168 Å². The van der Waals surface area contributed by atoms with E-state index < -0.39 is 61.3 Å². The first-order valence-corrected chi connectivity index (χ1v) is 9.63. The summed E-state index contributed by atoms with van der Waals surface area (Å²) in [7, 11) is 0. The molecule has 2 aliphatic rings. The van der Waals surface area contributed by atoms with Gasteiger partial charge in [-0.15, -0.1) is 0 Å². The van der Waals surface area contributed by atoms with E-state index >= 15 is 0 Å². The molecule has 10 heteroatoms. The van der Waals surface area contributed by atoms with Gasteiger partial charge in [-0.1, -0.05) is 6.07 Å². The molecule has 10 atom stereocenters. The molecule has 8 N–H and O–H groups in total. The molecule has 164 valence electrons. The van der Waals surface area contributed by atoms with Crippen molar-refractivity contribution >= 4 is 11.4 Å². The highest BCUT2D eigenvalue weighted by atomic mass is 16.6. The van der Waals surface area contributed by atoms with Gasteiger partial charge in [0.2, 0.25) is 0 Å². The Morgan fingerprint density at radius 3 is 1.69 bits per heavy atom. The topological polar surface area (TPSA) is 164 Å². The fourth-order valence-electron chi connectivity index (χ4n) is 3.53. The lowest BCUT2D eigenvalue weighted by Gasteiger charge is -2.40. The number of aliphatic hydroxyl groups is 6. The van der Waals surface area contributed by atoms with Gasteiger partial charge in [0.1, 0.15) is 36.6 Å². The lowest BCUT2D eigenvalue weighted by Crippen LogP contribution is -2.59. The van der Waals surface area contributed by atoms with Crippen molar-refractivity contribution in [2.45, 2.75) is 82.1 Å². The van der Waals surface area contributed by atoms with Crippen molar-refractivity contribution in [1.29, 1.82) is 0 Å². The fourth-order valence-corrected chi connectivity index (χ4v) is 3.53. The molecular formula is C19H30N2O8. The van der Waals surface area contributed by atoms with Crippen LogP contribution in [0, 0.1) is 6.92 Å². The smallest absolute Gasteiger partial charge is 0.157 e. The van der Waals surface area contributed by atoms with E-state index in [1.54, 1.807) is 32.0 Å². The van der Waals surface area contributed by atoms with Crippen molar-refractivity contribution < 1.29 is 40.1 Å². The largest absolute Gasteiger partial charge is 0.388 e. The molecule has 10 nitrogen and oxygen atoms in total. The van der Waals surface area contributed by atoms with Crippen molar-refractivity contribution in [1.82, 2.24) is 0 Å². The van der Waals surface area contributed by atoms with Crippen LogP contribution in [0.15, 0.2) is 18.2 Å². The number of ether oxygens (including phenoxy) is 2. The first-order valence-electron chi connectivity index (χ1n) is 9.63. The second-order valence-electron chi connectivity index (χ2n) is 7.79. The summed E-state index contributed by atoms with van der Waals surface area (Å²) in [6, 6.07) is 5.24. The van der Waals surface area contributed by atoms with Crippen molar-refractivity contribution in [2.75, 3.05) is 10.6 Å². The normalized spacial score (nSPS) is 43.1. The maximum absolute atomic E-state index is 10.2. The molecule has 2 fully saturated rings. The summed E-state index contributed by atoms with van der Waals surface area (Å²) in [5, 5.41) is 65.9. The summed E-state index contributed by atoms with van der Waals surface area (Å²) in [5.41, 5.74) is 1.97. The van der Waals surface area contributed by atoms with Gasteiger partial charge in [-0.05, 0) is 38.5 Å². The van der Waals surface area contributed by atoms with Crippen molar-refractivity contribution in [3.05, 3.63) is 23.8 Å². The molecule has 0 aromatic heterocycles. The lowest BCUT2D eigenvalue weighted by molar-refractivity contribution is -0.209. The van der Waals surface area contributed by atoms with Crippen LogP contribution >= 0.6 is 0 Å². The first kappa shape index (κ1) is 22.2. The van der Waals surface area contributed by atoms with Crippen molar-refractivity contribution in [3.8, 4) is 0 Å². The summed E-state index contributed by atoms with van der Waals surface area (Å²) in [6.07, 6.45) is -11.0. The summed E-state index contributed by atoms with van der Waals surface area (Å²) < 4.78 is 11.1. The van der Waals surface area contributed by atoms with E-state index in [2.05, 4.69) is 10.6 Å². The molecule has 0 spiro atoms. The Bertz CT molecular complexity index is 707. The minimum Gasteiger partial charge on any atom is -0.388 e. The highest BCUT2D eigenvalue weighted by Gasteiger charge is 2.43. The molecule has 0 bridgehead atoms. The van der Waals surface area contributed by atoms with Crippen LogP contribution in [0.4, 0.5) is 11.4 Å². The van der Waals surface area contributed by atoms with Crippen LogP contribution in [0.1, 0.15) is 19.4 Å². The standard InChI is InChI=1S/C19H30N2O8/c1-7-4-5-10(20-18-16(26)14(24)12(22)8(2)28-18)6-11(7)21-19-17(27)15(25)13(23)9(3)29-19/h4-6,8-9,12-27H,1-3H3/t8-,9-,12+,13+,14+,15+,16+,17-,18+,19+/m0/s1. The predicted molar refractivity (Wildman–Crippen MR) is 103 cm³/mol. The van der Waals surface area contributed by atoms with Gasteiger partial charge in [-0.2, -0.15) is 0 Å². The molecule has 1 aromatic carbocycles. The number of hydrogen-bond acceptors (Lipinski definition) is 10. The predicted octanol–water partition coefficient (Wildman–Crippen LogP) is -1.53. The van der Waals surface area contributed by atoms with Gasteiger partial charge in [0, 0.05) is 11.4 Å². The second-order valence-corrected chi connectivity index (χ2v) is 7.79. The Morgan fingerprint density at radius 1 is 0.690 bits per heavy atom. The Hall–Kier alpha value is -1.50. The fraction of sp³-hybridized carbons (Fsp3) is 0.684. The van der Waals surface area contributed by atoms with Crippen LogP contribution in [0.2, 0.25) is 0 Å². The molecule has 0 amide bonds. The second kappa shape index (κ2) is 8.70. The highest BCUT2D eigenvalue weighted by Crippen LogP contribution is 2.28. The average molecular weight is 414 g/mol. The van der Waals surface area contributed by atoms with Crippen molar-refractivity contribution in [3.63, 3.8) is 0 Å². The van der Waals surface area contributed by atoms with Gasteiger partial charge >= 0.3 is 0 Å². The van der Waals surface area contributed by atoms with E-state index in [0.29, 0.717) is 11.4 Å². The van der Waals surface area contributed by atoms with Crippen molar-refractivity contribution in [2.24, 2.45) is 0 Å². The van der Waals surface area contributed by atoms with Gasteiger partial charge in [0.15, 0.2) is 12.5 Å². The highest BCUT2D eigenvalue weighted by molar-refractivity contribution is 5.61. The van der Waals surface area contributed by atoms with E-state index in [1.165, 1.54) is 0 Å². The summed E-state index contributed by atoms with van der Waals surface area (Å²) >= 11 is 0. The molecule has 29 heavy (non-hydrogen) atoms. The van der Waals surface area contributed by atoms with E-state index in [1.807, 2.05) is 6.92 Å². The lowest BCUT2D eigenvalue weighted by atomic mass is 9.98. The summed E-state index contributed by atoms with van der Waals surface area (Å²) in [5.74, 6) is 0. The number of rotatable bonds is 4. The monoisotopic (exact) mass is 414 g/mol. The molecule has 1 aromatic rings. The minimum atomic E-state index is -1.35. The van der Waals surface area contributed by atoms with Crippen LogP contribution in [-0.2, 0) is 9.47 Å². The SMILES string of the molecule is Cc1ccc(N[C@@H]2O[C@@H](C)[C@@H](O)[C@@H](O)[C@H]2O)cc1N[C@@H]1O[C@@H](C)[C@@H](O)[C@@H](O)[C@@H]1O. The molecule has 0 unspecified atom stereocenters. The number of nitrogens with one attached hydrogen (secondary N) is 2. The van der Waals surface area contributed by atoms with Crippen LogP contribution in [0.3, 0.4) is 0 Å². The molecule has 2 saturated heterocycles. The molecule has 0 radical (unpaired) electrons. The van der Waals surface area contributed by atoms with E-state index in [9.17, 15) is 30.6 Å². The number of aryl methyl sites for hydroxylation is 1. The molecule has 0 saturated carbocycles. The number of benzene rings is 1. The zero-order valence-electron chi connectivity index (χ0n) is 16.5. The molecule has 2 heterocycles. The Kier molecular flexibility index (Phi) is 6.66. The van der Waals surface area contributed by atoms with Crippen LogP contribution in [0.25, 0.3) is 0 Å². The summed E-state index contributed by atoms with van der Waals surface area (Å²) in [4.78, 5) is 0. The van der Waals surface area contributed by atoms with E-state index in [0.717, 1.165) is 5.56 Å². The Balaban J connectivity index is 1.73. The van der Waals surface area contributed by atoms with Gasteiger partial charge in [-0.3, -0.25) is 0 Å². The quantitative estimate of drug-likeness (QED) is 0.290. The molecule has 0 aliphatic carbocycles. The third-order valence-corrected chi connectivity index (χ3v) is 5.55.